The maximum atomic E-state index is 12.1. The van der Waals surface area contributed by atoms with Crippen LogP contribution in [0, 0.1) is 5.92 Å². The van der Waals surface area contributed by atoms with E-state index in [4.69, 9.17) is 10.5 Å². The molecule has 1 amide bonds. The van der Waals surface area contributed by atoms with Crippen LogP contribution in [0.3, 0.4) is 0 Å². The van der Waals surface area contributed by atoms with E-state index in [0.29, 0.717) is 19.0 Å². The number of likely N-dealkylation sites (tertiary alicyclic amines) is 1. The summed E-state index contributed by atoms with van der Waals surface area (Å²) in [5.74, 6) is 2.18. The second-order valence-corrected chi connectivity index (χ2v) is 6.56. The van der Waals surface area contributed by atoms with Crippen LogP contribution in [0.5, 0.6) is 5.75 Å². The molecule has 2 N–H and O–H groups in total. The average molecular weight is 458 g/mol. The Morgan fingerprint density at radius 2 is 2.04 bits per heavy atom. The van der Waals surface area contributed by atoms with Gasteiger partial charge in [0.25, 0.3) is 5.91 Å². The van der Waals surface area contributed by atoms with E-state index in [1.54, 1.807) is 4.90 Å². The topological polar surface area (TPSA) is 71.2 Å². The molecule has 0 radical (unpaired) electrons. The molecule has 2 aliphatic rings. The van der Waals surface area contributed by atoms with Crippen molar-refractivity contribution in [3.8, 4) is 5.75 Å². The highest BCUT2D eigenvalue weighted by Gasteiger charge is 2.24. The molecule has 0 unspecified atom stereocenters. The number of halogens is 1. The van der Waals surface area contributed by atoms with E-state index in [9.17, 15) is 4.79 Å². The number of guanidine groups is 1. The fraction of sp³-hybridized carbons (Fsp3) is 0.556. The van der Waals surface area contributed by atoms with Gasteiger partial charge in [-0.15, -0.1) is 24.0 Å². The van der Waals surface area contributed by atoms with Gasteiger partial charge in [0.05, 0.1) is 5.69 Å². The van der Waals surface area contributed by atoms with Crippen LogP contribution in [0.25, 0.3) is 0 Å². The minimum Gasteiger partial charge on any atom is -0.482 e. The van der Waals surface area contributed by atoms with Gasteiger partial charge in [-0.1, -0.05) is 19.1 Å². The average Bonchev–Trinajstić information content (AvgIpc) is 2.60. The summed E-state index contributed by atoms with van der Waals surface area (Å²) >= 11 is 0. The molecule has 3 rings (SSSR count). The molecule has 0 aromatic heterocycles. The molecule has 1 aromatic rings. The number of carbonyl (C=O) groups is 1. The van der Waals surface area contributed by atoms with Gasteiger partial charge in [0.2, 0.25) is 0 Å². The van der Waals surface area contributed by atoms with Gasteiger partial charge in [0, 0.05) is 26.2 Å². The molecule has 0 saturated carbocycles. The normalized spacial score (nSPS) is 18.4. The smallest absolute Gasteiger partial charge is 0.265 e. The van der Waals surface area contributed by atoms with Crippen LogP contribution in [0.2, 0.25) is 0 Å². The summed E-state index contributed by atoms with van der Waals surface area (Å²) in [6.07, 6.45) is 3.13. The summed E-state index contributed by atoms with van der Waals surface area (Å²) < 4.78 is 5.45. The number of anilines is 1. The molecule has 1 fully saturated rings. The fourth-order valence-electron chi connectivity index (χ4n) is 3.16. The fourth-order valence-corrected chi connectivity index (χ4v) is 3.16. The highest BCUT2D eigenvalue weighted by atomic mass is 127. The number of hydrogen-bond acceptors (Lipinski definition) is 3. The molecule has 7 heteroatoms. The lowest BCUT2D eigenvalue weighted by Gasteiger charge is -2.31. The molecular formula is C18H27IN4O2. The molecule has 1 saturated heterocycles. The largest absolute Gasteiger partial charge is 0.482 e. The van der Waals surface area contributed by atoms with Gasteiger partial charge >= 0.3 is 0 Å². The van der Waals surface area contributed by atoms with Gasteiger partial charge in [-0.2, -0.15) is 0 Å². The summed E-state index contributed by atoms with van der Waals surface area (Å²) in [6.45, 7) is 5.63. The van der Waals surface area contributed by atoms with Crippen LogP contribution in [-0.2, 0) is 4.79 Å². The maximum absolute atomic E-state index is 12.1. The number of rotatable bonds is 4. The Labute approximate surface area is 166 Å². The van der Waals surface area contributed by atoms with Crippen LogP contribution in [0.15, 0.2) is 29.3 Å². The first-order chi connectivity index (χ1) is 11.6. The molecule has 2 heterocycles. The maximum Gasteiger partial charge on any atom is 0.265 e. The molecular weight excluding hydrogens is 431 g/mol. The monoisotopic (exact) mass is 458 g/mol. The van der Waals surface area contributed by atoms with Gasteiger partial charge in [-0.05, 0) is 37.3 Å². The number of nitrogens with two attached hydrogens (primary N) is 1. The quantitative estimate of drug-likeness (QED) is 0.326. The van der Waals surface area contributed by atoms with Crippen LogP contribution >= 0.6 is 24.0 Å². The van der Waals surface area contributed by atoms with Crippen molar-refractivity contribution in [2.75, 3.05) is 37.7 Å². The van der Waals surface area contributed by atoms with Gasteiger partial charge in [-0.25, -0.2) is 0 Å². The summed E-state index contributed by atoms with van der Waals surface area (Å²) in [5.41, 5.74) is 6.94. The van der Waals surface area contributed by atoms with Gasteiger partial charge in [-0.3, -0.25) is 9.79 Å². The minimum absolute atomic E-state index is 0. The first kappa shape index (κ1) is 19.8. The van der Waals surface area contributed by atoms with Crippen LogP contribution < -0.4 is 15.4 Å². The van der Waals surface area contributed by atoms with Crippen molar-refractivity contribution in [2.24, 2.45) is 16.6 Å². The minimum atomic E-state index is -0.00401. The molecule has 2 aliphatic heterocycles. The van der Waals surface area contributed by atoms with Gasteiger partial charge in [0.1, 0.15) is 5.75 Å². The Hall–Kier alpha value is -1.51. The standard InChI is InChI=1S/C18H26N4O2.HI/c1-14-7-11-21(12-8-14)18(19)20-9-4-10-22-15-5-2-3-6-16(15)24-13-17(22)23;/h2-3,5-6,14H,4,7-13H2,1H3,(H2,19,20);1H. The van der Waals surface area contributed by atoms with Crippen LogP contribution in [0.4, 0.5) is 5.69 Å². The van der Waals surface area contributed by atoms with E-state index in [1.165, 1.54) is 12.8 Å². The Kier molecular flexibility index (Phi) is 7.34. The number of piperidine rings is 1. The van der Waals surface area contributed by atoms with Crippen molar-refractivity contribution in [2.45, 2.75) is 26.2 Å². The number of carbonyl (C=O) groups excluding carboxylic acids is 1. The lowest BCUT2D eigenvalue weighted by atomic mass is 10.00. The predicted octanol–water partition coefficient (Wildman–Crippen LogP) is 2.47. The second kappa shape index (κ2) is 9.26. The molecule has 0 aliphatic carbocycles. The Balaban J connectivity index is 0.00000225. The van der Waals surface area contributed by atoms with Crippen molar-refractivity contribution in [1.82, 2.24) is 4.90 Å². The predicted molar refractivity (Wildman–Crippen MR) is 111 cm³/mol. The Bertz CT molecular complexity index is 615. The summed E-state index contributed by atoms with van der Waals surface area (Å²) in [4.78, 5) is 20.5. The zero-order valence-electron chi connectivity index (χ0n) is 14.7. The van der Waals surface area contributed by atoms with Gasteiger partial charge < -0.3 is 20.3 Å². The number of amides is 1. The van der Waals surface area contributed by atoms with Crippen molar-refractivity contribution in [1.29, 1.82) is 0 Å². The Morgan fingerprint density at radius 3 is 2.80 bits per heavy atom. The molecule has 0 bridgehead atoms. The SMILES string of the molecule is CC1CCN(C(N)=NCCCN2C(=O)COc3ccccc32)CC1.I. The molecule has 0 spiro atoms. The summed E-state index contributed by atoms with van der Waals surface area (Å²) in [7, 11) is 0. The van der Waals surface area contributed by atoms with E-state index in [0.717, 1.165) is 36.9 Å². The number of ether oxygens (including phenoxy) is 1. The van der Waals surface area contributed by atoms with E-state index < -0.39 is 0 Å². The van der Waals surface area contributed by atoms with Crippen LogP contribution in [-0.4, -0.2) is 49.6 Å². The second-order valence-electron chi connectivity index (χ2n) is 6.56. The van der Waals surface area contributed by atoms with Crippen LogP contribution in [0.1, 0.15) is 26.2 Å². The number of benzene rings is 1. The number of para-hydroxylation sites is 2. The number of aliphatic imine (C=N–C) groups is 1. The van der Waals surface area contributed by atoms with Crippen molar-refractivity contribution in [3.05, 3.63) is 24.3 Å². The molecule has 25 heavy (non-hydrogen) atoms. The summed E-state index contributed by atoms with van der Waals surface area (Å²) in [6, 6.07) is 7.64. The number of nitrogens with zero attached hydrogens (tertiary/aromatic N) is 3. The van der Waals surface area contributed by atoms with Gasteiger partial charge in [0.15, 0.2) is 12.6 Å². The molecule has 0 atom stereocenters. The highest BCUT2D eigenvalue weighted by molar-refractivity contribution is 14.0. The Morgan fingerprint density at radius 1 is 1.32 bits per heavy atom. The molecule has 1 aromatic carbocycles. The first-order valence-electron chi connectivity index (χ1n) is 8.72. The lowest BCUT2D eigenvalue weighted by Crippen LogP contribution is -2.42. The van der Waals surface area contributed by atoms with E-state index >= 15 is 0 Å². The third kappa shape index (κ3) is 4.99. The highest BCUT2D eigenvalue weighted by Crippen LogP contribution is 2.31. The first-order valence-corrected chi connectivity index (χ1v) is 8.72. The number of fused-ring (bicyclic) bond motifs is 1. The third-order valence-corrected chi connectivity index (χ3v) is 4.73. The van der Waals surface area contributed by atoms with Crippen molar-refractivity contribution in [3.63, 3.8) is 0 Å². The lowest BCUT2D eigenvalue weighted by molar-refractivity contribution is -0.121. The summed E-state index contributed by atoms with van der Waals surface area (Å²) in [5, 5.41) is 0. The molecule has 138 valence electrons. The number of hydrogen-bond donors (Lipinski definition) is 1. The van der Waals surface area contributed by atoms with E-state index in [-0.39, 0.29) is 36.5 Å². The van der Waals surface area contributed by atoms with E-state index in [2.05, 4.69) is 16.8 Å². The zero-order valence-corrected chi connectivity index (χ0v) is 17.0. The molecule has 6 nitrogen and oxygen atoms in total. The van der Waals surface area contributed by atoms with E-state index in [1.807, 2.05) is 24.3 Å². The van der Waals surface area contributed by atoms with Crippen molar-refractivity contribution < 1.29 is 9.53 Å². The third-order valence-electron chi connectivity index (χ3n) is 4.73. The zero-order chi connectivity index (χ0) is 16.9. The van der Waals surface area contributed by atoms with Crippen molar-refractivity contribution >= 4 is 41.5 Å².